The zero-order valence-corrected chi connectivity index (χ0v) is 8.84. The fraction of sp³-hybridized carbons (Fsp3) is 0.556. The molecule has 1 aromatic heterocycles. The van der Waals surface area contributed by atoms with Gasteiger partial charge in [-0.3, -0.25) is 0 Å². The van der Waals surface area contributed by atoms with Crippen molar-refractivity contribution >= 4 is 17.4 Å². The van der Waals surface area contributed by atoms with Crippen LogP contribution in [-0.2, 0) is 17.7 Å². The molecule has 0 fully saturated rings. The number of hydrogen-bond acceptors (Lipinski definition) is 4. The summed E-state index contributed by atoms with van der Waals surface area (Å²) < 4.78 is 4.94. The van der Waals surface area contributed by atoms with Gasteiger partial charge in [-0.05, 0) is 6.92 Å². The molecule has 0 aliphatic carbocycles. The van der Waals surface area contributed by atoms with Gasteiger partial charge in [0.05, 0.1) is 24.4 Å². The Morgan fingerprint density at radius 2 is 2.64 bits per heavy atom. The van der Waals surface area contributed by atoms with Gasteiger partial charge in [0.25, 0.3) is 0 Å². The predicted octanol–water partition coefficient (Wildman–Crippen LogP) is 1.66. The molecule has 14 heavy (non-hydrogen) atoms. The fourth-order valence-corrected chi connectivity index (χ4v) is 2.32. The second-order valence-electron chi connectivity index (χ2n) is 3.09. The van der Waals surface area contributed by atoms with Crippen molar-refractivity contribution in [2.75, 3.05) is 13.2 Å². The van der Waals surface area contributed by atoms with Gasteiger partial charge in [-0.25, -0.2) is 9.78 Å². The first-order valence-electron chi connectivity index (χ1n) is 4.64. The van der Waals surface area contributed by atoms with Crippen LogP contribution in [0.3, 0.4) is 0 Å². The highest BCUT2D eigenvalue weighted by Crippen LogP contribution is 2.21. The Morgan fingerprint density at radius 3 is 3.43 bits per heavy atom. The van der Waals surface area contributed by atoms with E-state index in [9.17, 15) is 4.79 Å². The number of nitrogens with zero attached hydrogens (tertiary/aromatic N) is 2. The maximum atomic E-state index is 11.4. The summed E-state index contributed by atoms with van der Waals surface area (Å²) in [5.41, 5.74) is 2.97. The molecule has 1 aromatic rings. The van der Waals surface area contributed by atoms with Gasteiger partial charge >= 0.3 is 6.09 Å². The Morgan fingerprint density at radius 1 is 1.79 bits per heavy atom. The van der Waals surface area contributed by atoms with Gasteiger partial charge in [0, 0.05) is 17.8 Å². The van der Waals surface area contributed by atoms with E-state index in [1.807, 2.05) is 12.4 Å². The Labute approximate surface area is 86.5 Å². The molecule has 0 bridgehead atoms. The average Bonchev–Trinajstić information content (AvgIpc) is 2.64. The van der Waals surface area contributed by atoms with Crippen LogP contribution in [0.4, 0.5) is 4.79 Å². The second-order valence-corrected chi connectivity index (χ2v) is 4.03. The van der Waals surface area contributed by atoms with E-state index in [-0.39, 0.29) is 6.09 Å². The molecule has 1 aliphatic rings. The van der Waals surface area contributed by atoms with Crippen LogP contribution < -0.4 is 0 Å². The largest absolute Gasteiger partial charge is 0.450 e. The molecule has 0 N–H and O–H groups in total. The van der Waals surface area contributed by atoms with Crippen molar-refractivity contribution < 1.29 is 9.53 Å². The van der Waals surface area contributed by atoms with Crippen LogP contribution in [0.1, 0.15) is 17.5 Å². The summed E-state index contributed by atoms with van der Waals surface area (Å²) in [5, 5.41) is 0. The van der Waals surface area contributed by atoms with Crippen molar-refractivity contribution in [2.24, 2.45) is 0 Å². The molecule has 0 aromatic carbocycles. The number of thiazole rings is 1. The molecular formula is C9H12N2O2S. The minimum atomic E-state index is -0.216. The van der Waals surface area contributed by atoms with Crippen molar-refractivity contribution in [3.63, 3.8) is 0 Å². The lowest BCUT2D eigenvalue weighted by atomic mass is 10.2. The van der Waals surface area contributed by atoms with Crippen LogP contribution in [0.5, 0.6) is 0 Å². The lowest BCUT2D eigenvalue weighted by Crippen LogP contribution is -2.35. The third-order valence-electron chi connectivity index (χ3n) is 2.20. The molecule has 2 heterocycles. The standard InChI is InChI=1S/C9H12N2O2S/c1-2-13-9(12)11-4-3-7-8(5-11)14-6-10-7/h6H,2-5H2,1H3. The highest BCUT2D eigenvalue weighted by atomic mass is 32.1. The summed E-state index contributed by atoms with van der Waals surface area (Å²) >= 11 is 1.60. The highest BCUT2D eigenvalue weighted by molar-refractivity contribution is 7.09. The van der Waals surface area contributed by atoms with Crippen molar-refractivity contribution in [3.8, 4) is 0 Å². The number of amides is 1. The van der Waals surface area contributed by atoms with Crippen LogP contribution >= 0.6 is 11.3 Å². The van der Waals surface area contributed by atoms with Crippen LogP contribution in [0.15, 0.2) is 5.51 Å². The highest BCUT2D eigenvalue weighted by Gasteiger charge is 2.22. The number of carbonyl (C=O) groups excluding carboxylic acids is 1. The molecule has 0 radical (unpaired) electrons. The summed E-state index contributed by atoms with van der Waals surface area (Å²) in [6.45, 7) is 3.62. The predicted molar refractivity (Wildman–Crippen MR) is 53.3 cm³/mol. The van der Waals surface area contributed by atoms with Gasteiger partial charge in [0.15, 0.2) is 0 Å². The van der Waals surface area contributed by atoms with Gasteiger partial charge in [-0.15, -0.1) is 11.3 Å². The normalized spacial score (nSPS) is 15.1. The molecule has 0 spiro atoms. The molecule has 5 heteroatoms. The zero-order chi connectivity index (χ0) is 9.97. The summed E-state index contributed by atoms with van der Waals surface area (Å²) in [6.07, 6.45) is 0.629. The Kier molecular flexibility index (Phi) is 2.67. The molecule has 1 amide bonds. The Bertz CT molecular complexity index is 337. The number of rotatable bonds is 1. The first-order valence-corrected chi connectivity index (χ1v) is 5.52. The maximum Gasteiger partial charge on any atom is 0.410 e. The Balaban J connectivity index is 2.04. The number of fused-ring (bicyclic) bond motifs is 1. The van der Waals surface area contributed by atoms with Crippen molar-refractivity contribution in [1.29, 1.82) is 0 Å². The number of hydrogen-bond donors (Lipinski definition) is 0. The molecule has 76 valence electrons. The molecule has 0 saturated heterocycles. The zero-order valence-electron chi connectivity index (χ0n) is 8.02. The molecule has 0 saturated carbocycles. The SMILES string of the molecule is CCOC(=O)N1CCc2ncsc2C1. The third kappa shape index (κ3) is 1.72. The number of ether oxygens (including phenoxy) is 1. The van der Waals surface area contributed by atoms with E-state index in [0.717, 1.165) is 18.7 Å². The first kappa shape index (κ1) is 9.45. The lowest BCUT2D eigenvalue weighted by Gasteiger charge is -2.24. The maximum absolute atomic E-state index is 11.4. The molecule has 0 unspecified atom stereocenters. The van der Waals surface area contributed by atoms with E-state index in [2.05, 4.69) is 4.98 Å². The van der Waals surface area contributed by atoms with E-state index in [4.69, 9.17) is 4.74 Å². The van der Waals surface area contributed by atoms with Crippen molar-refractivity contribution in [3.05, 3.63) is 16.1 Å². The van der Waals surface area contributed by atoms with Crippen molar-refractivity contribution in [2.45, 2.75) is 19.9 Å². The summed E-state index contributed by atoms with van der Waals surface area (Å²) in [4.78, 5) is 18.6. The first-order chi connectivity index (χ1) is 6.81. The monoisotopic (exact) mass is 212 g/mol. The average molecular weight is 212 g/mol. The molecular weight excluding hydrogens is 200 g/mol. The van der Waals surface area contributed by atoms with Crippen molar-refractivity contribution in [1.82, 2.24) is 9.88 Å². The van der Waals surface area contributed by atoms with E-state index in [0.29, 0.717) is 13.2 Å². The smallest absolute Gasteiger partial charge is 0.410 e. The van der Waals surface area contributed by atoms with Crippen LogP contribution in [-0.4, -0.2) is 29.1 Å². The van der Waals surface area contributed by atoms with E-state index < -0.39 is 0 Å². The van der Waals surface area contributed by atoms with E-state index in [1.54, 1.807) is 16.2 Å². The quantitative estimate of drug-likeness (QED) is 0.711. The minimum Gasteiger partial charge on any atom is -0.450 e. The van der Waals surface area contributed by atoms with E-state index in [1.165, 1.54) is 4.88 Å². The molecule has 1 aliphatic heterocycles. The number of carbonyl (C=O) groups is 1. The van der Waals surface area contributed by atoms with Gasteiger partial charge in [-0.1, -0.05) is 0 Å². The van der Waals surface area contributed by atoms with Gasteiger partial charge in [-0.2, -0.15) is 0 Å². The van der Waals surface area contributed by atoms with Gasteiger partial charge in [0.1, 0.15) is 0 Å². The van der Waals surface area contributed by atoms with Gasteiger partial charge in [0.2, 0.25) is 0 Å². The Hall–Kier alpha value is -1.10. The van der Waals surface area contributed by atoms with Crippen LogP contribution in [0.25, 0.3) is 0 Å². The van der Waals surface area contributed by atoms with Crippen LogP contribution in [0.2, 0.25) is 0 Å². The minimum absolute atomic E-state index is 0.216. The van der Waals surface area contributed by atoms with E-state index >= 15 is 0 Å². The van der Waals surface area contributed by atoms with Crippen LogP contribution in [0, 0.1) is 0 Å². The summed E-state index contributed by atoms with van der Waals surface area (Å²) in [5.74, 6) is 0. The lowest BCUT2D eigenvalue weighted by molar-refractivity contribution is 0.103. The number of aromatic nitrogens is 1. The second kappa shape index (κ2) is 3.96. The molecule has 0 atom stereocenters. The summed E-state index contributed by atoms with van der Waals surface area (Å²) in [7, 11) is 0. The fourth-order valence-electron chi connectivity index (χ4n) is 1.49. The topological polar surface area (TPSA) is 42.4 Å². The third-order valence-corrected chi connectivity index (χ3v) is 3.06. The van der Waals surface area contributed by atoms with Gasteiger partial charge < -0.3 is 9.64 Å². The molecule has 4 nitrogen and oxygen atoms in total. The molecule has 2 rings (SSSR count). The summed E-state index contributed by atoms with van der Waals surface area (Å²) in [6, 6.07) is 0.